The molecule has 0 saturated heterocycles. The Morgan fingerprint density at radius 1 is 1.13 bits per heavy atom. The van der Waals surface area contributed by atoms with Crippen LogP contribution in [0.4, 0.5) is 5.69 Å². The van der Waals surface area contributed by atoms with Gasteiger partial charge in [0.1, 0.15) is 6.26 Å². The monoisotopic (exact) mass is 404 g/mol. The Labute approximate surface area is 170 Å². The Bertz CT molecular complexity index is 1200. The lowest BCUT2D eigenvalue weighted by molar-refractivity contribution is 0.0996. The zero-order chi connectivity index (χ0) is 21.1. The van der Waals surface area contributed by atoms with E-state index >= 15 is 0 Å². The maximum atomic E-state index is 12.6. The minimum Gasteiger partial charge on any atom is -0.444 e. The number of amides is 2. The predicted molar refractivity (Wildman–Crippen MR) is 106 cm³/mol. The third-order valence-corrected chi connectivity index (χ3v) is 4.24. The maximum Gasteiger partial charge on any atom is 0.277 e. The molecule has 2 amide bonds. The lowest BCUT2D eigenvalue weighted by atomic mass is 10.2. The van der Waals surface area contributed by atoms with Gasteiger partial charge in [-0.15, -0.1) is 0 Å². The lowest BCUT2D eigenvalue weighted by Gasteiger charge is -2.02. The molecule has 0 unspecified atom stereocenters. The fourth-order valence-electron chi connectivity index (χ4n) is 2.73. The van der Waals surface area contributed by atoms with E-state index in [1.165, 1.54) is 17.1 Å². The summed E-state index contributed by atoms with van der Waals surface area (Å²) in [6, 6.07) is 10.3. The molecule has 4 N–H and O–H groups in total. The number of nitrogens with one attached hydrogen (secondary N) is 1. The fraction of sp³-hybridized carbons (Fsp3) is 0.0500. The minimum absolute atomic E-state index is 0.0253. The number of hydrogen-bond acceptors (Lipinski definition) is 7. The van der Waals surface area contributed by atoms with E-state index in [0.717, 1.165) is 5.56 Å². The van der Waals surface area contributed by atoms with Crippen molar-refractivity contribution in [1.82, 2.24) is 19.7 Å². The third-order valence-electron chi connectivity index (χ3n) is 4.24. The molecule has 0 bridgehead atoms. The van der Waals surface area contributed by atoms with Crippen LogP contribution in [0.5, 0.6) is 0 Å². The largest absolute Gasteiger partial charge is 0.444 e. The molecule has 3 aromatic heterocycles. The molecule has 0 spiro atoms. The van der Waals surface area contributed by atoms with Crippen LogP contribution in [-0.2, 0) is 6.61 Å². The van der Waals surface area contributed by atoms with Gasteiger partial charge in [-0.1, -0.05) is 12.1 Å². The first kappa shape index (κ1) is 19.0. The first-order valence-corrected chi connectivity index (χ1v) is 8.82. The summed E-state index contributed by atoms with van der Waals surface area (Å²) in [4.78, 5) is 32.5. The molecule has 0 radical (unpaired) electrons. The molecule has 10 heteroatoms. The van der Waals surface area contributed by atoms with Gasteiger partial charge in [-0.3, -0.25) is 14.6 Å². The van der Waals surface area contributed by atoms with Gasteiger partial charge in [-0.2, -0.15) is 5.10 Å². The number of carbonyl (C=O) groups is 2. The second kappa shape index (κ2) is 7.97. The van der Waals surface area contributed by atoms with Crippen LogP contribution in [-0.4, -0.2) is 36.7 Å². The average molecular weight is 404 g/mol. The SMILES string of the molecule is NC(=O)c1nn(-c2ccc(CO)cc2)cc1NC(=O)c1coc(-c2ccncc2)n1. The van der Waals surface area contributed by atoms with Gasteiger partial charge in [0.25, 0.3) is 11.8 Å². The van der Waals surface area contributed by atoms with Crippen molar-refractivity contribution in [2.75, 3.05) is 5.32 Å². The van der Waals surface area contributed by atoms with E-state index in [0.29, 0.717) is 11.3 Å². The van der Waals surface area contributed by atoms with Crippen LogP contribution < -0.4 is 11.1 Å². The van der Waals surface area contributed by atoms with E-state index in [2.05, 4.69) is 20.4 Å². The van der Waals surface area contributed by atoms with E-state index in [1.54, 1.807) is 48.8 Å². The molecule has 0 aliphatic rings. The summed E-state index contributed by atoms with van der Waals surface area (Å²) in [5.41, 5.74) is 7.48. The van der Waals surface area contributed by atoms with Gasteiger partial charge >= 0.3 is 0 Å². The third kappa shape index (κ3) is 3.80. The second-order valence-electron chi connectivity index (χ2n) is 6.25. The number of nitrogens with two attached hydrogens (primary N) is 1. The fourth-order valence-corrected chi connectivity index (χ4v) is 2.73. The zero-order valence-corrected chi connectivity index (χ0v) is 15.5. The van der Waals surface area contributed by atoms with Crippen LogP contribution in [0.2, 0.25) is 0 Å². The lowest BCUT2D eigenvalue weighted by Crippen LogP contribution is -2.18. The molecule has 150 valence electrons. The van der Waals surface area contributed by atoms with Gasteiger partial charge in [-0.05, 0) is 29.8 Å². The van der Waals surface area contributed by atoms with Crippen LogP contribution in [0.15, 0.2) is 65.7 Å². The van der Waals surface area contributed by atoms with Crippen LogP contribution in [0.1, 0.15) is 26.5 Å². The number of oxazole rings is 1. The summed E-state index contributed by atoms with van der Waals surface area (Å²) in [5.74, 6) is -1.12. The van der Waals surface area contributed by atoms with Crippen LogP contribution in [0.3, 0.4) is 0 Å². The smallest absolute Gasteiger partial charge is 0.277 e. The van der Waals surface area contributed by atoms with Gasteiger partial charge in [0.15, 0.2) is 11.4 Å². The Hall–Kier alpha value is -4.31. The van der Waals surface area contributed by atoms with E-state index in [-0.39, 0.29) is 29.6 Å². The first-order chi connectivity index (χ1) is 14.5. The van der Waals surface area contributed by atoms with E-state index in [9.17, 15) is 9.59 Å². The van der Waals surface area contributed by atoms with Crippen LogP contribution >= 0.6 is 0 Å². The van der Waals surface area contributed by atoms with Crippen molar-refractivity contribution >= 4 is 17.5 Å². The molecule has 0 atom stereocenters. The number of pyridine rings is 1. The molecule has 1 aromatic carbocycles. The molecule has 3 heterocycles. The highest BCUT2D eigenvalue weighted by molar-refractivity contribution is 6.07. The molecule has 0 fully saturated rings. The molecular formula is C20H16N6O4. The summed E-state index contributed by atoms with van der Waals surface area (Å²) in [6.07, 6.45) is 5.85. The first-order valence-electron chi connectivity index (χ1n) is 8.82. The van der Waals surface area contributed by atoms with Crippen LogP contribution in [0, 0.1) is 0 Å². The van der Waals surface area contributed by atoms with Crippen molar-refractivity contribution in [3.05, 3.63) is 78.2 Å². The molecule has 0 aliphatic carbocycles. The summed E-state index contributed by atoms with van der Waals surface area (Å²) >= 11 is 0. The number of benzene rings is 1. The molecule has 4 aromatic rings. The maximum absolute atomic E-state index is 12.6. The van der Waals surface area contributed by atoms with Crippen molar-refractivity contribution in [2.24, 2.45) is 5.73 Å². The Kier molecular flexibility index (Phi) is 5.06. The Morgan fingerprint density at radius 3 is 2.53 bits per heavy atom. The number of primary amides is 1. The zero-order valence-electron chi connectivity index (χ0n) is 15.5. The number of carbonyl (C=O) groups excluding carboxylic acids is 2. The highest BCUT2D eigenvalue weighted by Crippen LogP contribution is 2.21. The normalized spacial score (nSPS) is 10.7. The summed E-state index contributed by atoms with van der Waals surface area (Å²) in [5, 5.41) is 15.9. The highest BCUT2D eigenvalue weighted by Gasteiger charge is 2.20. The van der Waals surface area contributed by atoms with Crippen LogP contribution in [0.25, 0.3) is 17.1 Å². The van der Waals surface area contributed by atoms with Crippen molar-refractivity contribution in [1.29, 1.82) is 0 Å². The molecule has 0 saturated carbocycles. The highest BCUT2D eigenvalue weighted by atomic mass is 16.3. The summed E-state index contributed by atoms with van der Waals surface area (Å²) in [7, 11) is 0. The number of aromatic nitrogens is 4. The van der Waals surface area contributed by atoms with E-state index in [4.69, 9.17) is 15.3 Å². The number of aliphatic hydroxyl groups is 1. The van der Waals surface area contributed by atoms with Crippen molar-refractivity contribution < 1.29 is 19.1 Å². The van der Waals surface area contributed by atoms with Gasteiger partial charge in [-0.25, -0.2) is 9.67 Å². The molecule has 4 rings (SSSR count). The quantitative estimate of drug-likeness (QED) is 0.443. The standard InChI is InChI=1S/C20H16N6O4/c21-18(28)17-15(9-26(25-17)14-3-1-12(10-27)2-4-14)23-19(29)16-11-30-20(24-16)13-5-7-22-8-6-13/h1-9,11,27H,10H2,(H2,21,28)(H,23,29). The van der Waals surface area contributed by atoms with Gasteiger partial charge < -0.3 is 20.6 Å². The average Bonchev–Trinajstić information content (AvgIpc) is 3.42. The minimum atomic E-state index is -0.798. The Morgan fingerprint density at radius 2 is 1.87 bits per heavy atom. The number of nitrogens with zero attached hydrogens (tertiary/aromatic N) is 4. The topological polar surface area (TPSA) is 149 Å². The summed E-state index contributed by atoms with van der Waals surface area (Å²) in [6.45, 7) is -0.0909. The molecule has 30 heavy (non-hydrogen) atoms. The van der Waals surface area contributed by atoms with Gasteiger partial charge in [0, 0.05) is 18.0 Å². The van der Waals surface area contributed by atoms with E-state index in [1.807, 2.05) is 0 Å². The van der Waals surface area contributed by atoms with Crippen molar-refractivity contribution in [3.8, 4) is 17.1 Å². The summed E-state index contributed by atoms with van der Waals surface area (Å²) < 4.78 is 6.76. The van der Waals surface area contributed by atoms with Crippen molar-refractivity contribution in [3.63, 3.8) is 0 Å². The predicted octanol–water partition coefficient (Wildman–Crippen LogP) is 1.77. The molecule has 0 aliphatic heterocycles. The van der Waals surface area contributed by atoms with Gasteiger partial charge in [0.05, 0.1) is 24.2 Å². The van der Waals surface area contributed by atoms with Crippen molar-refractivity contribution in [2.45, 2.75) is 6.61 Å². The second-order valence-corrected chi connectivity index (χ2v) is 6.25. The van der Waals surface area contributed by atoms with E-state index < -0.39 is 11.8 Å². The number of rotatable bonds is 6. The number of aliphatic hydroxyl groups excluding tert-OH is 1. The van der Waals surface area contributed by atoms with Gasteiger partial charge in [0.2, 0.25) is 5.89 Å². The Balaban J connectivity index is 1.59. The molecular weight excluding hydrogens is 388 g/mol. The number of hydrogen-bond donors (Lipinski definition) is 3. The number of anilines is 1. The molecule has 10 nitrogen and oxygen atoms in total.